The quantitative estimate of drug-likeness (QED) is 0.768. The summed E-state index contributed by atoms with van der Waals surface area (Å²) in [6.45, 7) is 2.79. The van der Waals surface area contributed by atoms with Crippen molar-refractivity contribution in [1.29, 1.82) is 0 Å². The van der Waals surface area contributed by atoms with Crippen molar-refractivity contribution in [3.05, 3.63) is 59.7 Å². The minimum atomic E-state index is -0.257. The first kappa shape index (κ1) is 21.4. The van der Waals surface area contributed by atoms with Crippen LogP contribution < -0.4 is 15.4 Å². The number of anilines is 1. The summed E-state index contributed by atoms with van der Waals surface area (Å²) in [5.74, 6) is -0.0177. The summed E-state index contributed by atoms with van der Waals surface area (Å²) in [5.41, 5.74) is 2.07. The molecule has 1 aliphatic rings. The van der Waals surface area contributed by atoms with Gasteiger partial charge in [0.2, 0.25) is 11.8 Å². The summed E-state index contributed by atoms with van der Waals surface area (Å²) >= 11 is 0. The molecule has 7 heteroatoms. The van der Waals surface area contributed by atoms with Crippen LogP contribution in [0.15, 0.2) is 48.5 Å². The fourth-order valence-corrected chi connectivity index (χ4v) is 3.56. The predicted octanol–water partition coefficient (Wildman–Crippen LogP) is 2.61. The minimum absolute atomic E-state index is 0.0504. The van der Waals surface area contributed by atoms with E-state index in [9.17, 15) is 14.4 Å². The highest BCUT2D eigenvalue weighted by Gasteiger charge is 2.28. The van der Waals surface area contributed by atoms with Crippen LogP contribution in [0.5, 0.6) is 5.75 Å². The van der Waals surface area contributed by atoms with Crippen molar-refractivity contribution in [1.82, 2.24) is 10.2 Å². The van der Waals surface area contributed by atoms with Gasteiger partial charge in [0.25, 0.3) is 5.91 Å². The minimum Gasteiger partial charge on any atom is -0.495 e. The average molecular weight is 409 g/mol. The van der Waals surface area contributed by atoms with Crippen LogP contribution in [0, 0.1) is 12.8 Å². The van der Waals surface area contributed by atoms with E-state index in [1.165, 1.54) is 0 Å². The lowest BCUT2D eigenvalue weighted by Crippen LogP contribution is -2.45. The Morgan fingerprint density at radius 2 is 1.70 bits per heavy atom. The molecule has 1 saturated heterocycles. The number of amides is 3. The molecule has 0 saturated carbocycles. The van der Waals surface area contributed by atoms with E-state index < -0.39 is 0 Å². The molecule has 3 amide bonds. The van der Waals surface area contributed by atoms with Gasteiger partial charge in [0, 0.05) is 24.6 Å². The van der Waals surface area contributed by atoms with Crippen LogP contribution >= 0.6 is 0 Å². The second kappa shape index (κ2) is 9.91. The standard InChI is InChI=1S/C23H27N3O4/c1-16-7-3-4-8-18(16)23(29)24-15-21(27)26-13-11-17(12-14-26)22(28)25-19-9-5-6-10-20(19)30-2/h3-10,17H,11-15H2,1-2H3,(H,24,29)(H,25,28). The summed E-state index contributed by atoms with van der Waals surface area (Å²) in [5, 5.41) is 5.61. The molecule has 3 rings (SSSR count). The number of aryl methyl sites for hydroxylation is 1. The highest BCUT2D eigenvalue weighted by Crippen LogP contribution is 2.25. The summed E-state index contributed by atoms with van der Waals surface area (Å²) in [6, 6.07) is 14.5. The first-order valence-corrected chi connectivity index (χ1v) is 10.0. The molecule has 0 unspecified atom stereocenters. The fourth-order valence-electron chi connectivity index (χ4n) is 3.56. The van der Waals surface area contributed by atoms with Gasteiger partial charge in [-0.15, -0.1) is 0 Å². The molecule has 1 aliphatic heterocycles. The van der Waals surface area contributed by atoms with Crippen LogP contribution in [0.3, 0.4) is 0 Å². The fraction of sp³-hybridized carbons (Fsp3) is 0.348. The number of nitrogens with one attached hydrogen (secondary N) is 2. The number of nitrogens with zero attached hydrogens (tertiary/aromatic N) is 1. The van der Waals surface area contributed by atoms with Crippen LogP contribution in [-0.4, -0.2) is 49.4 Å². The van der Waals surface area contributed by atoms with Crippen molar-refractivity contribution in [2.75, 3.05) is 32.1 Å². The molecule has 2 aromatic carbocycles. The molecular weight excluding hydrogens is 382 g/mol. The van der Waals surface area contributed by atoms with Gasteiger partial charge in [0.15, 0.2) is 0 Å². The van der Waals surface area contributed by atoms with Crippen molar-refractivity contribution in [2.45, 2.75) is 19.8 Å². The van der Waals surface area contributed by atoms with Crippen molar-refractivity contribution < 1.29 is 19.1 Å². The van der Waals surface area contributed by atoms with Crippen molar-refractivity contribution >= 4 is 23.4 Å². The third kappa shape index (κ3) is 5.17. The number of benzene rings is 2. The first-order chi connectivity index (χ1) is 14.5. The van der Waals surface area contributed by atoms with Crippen LogP contribution in [0.4, 0.5) is 5.69 Å². The van der Waals surface area contributed by atoms with Gasteiger partial charge >= 0.3 is 0 Å². The van der Waals surface area contributed by atoms with Crippen LogP contribution in [0.2, 0.25) is 0 Å². The number of para-hydroxylation sites is 2. The zero-order valence-electron chi connectivity index (χ0n) is 17.3. The number of hydrogen-bond donors (Lipinski definition) is 2. The SMILES string of the molecule is COc1ccccc1NC(=O)C1CCN(C(=O)CNC(=O)c2ccccc2C)CC1. The van der Waals surface area contributed by atoms with Gasteiger partial charge in [-0.3, -0.25) is 14.4 Å². The molecule has 1 heterocycles. The molecule has 0 aliphatic carbocycles. The number of rotatable bonds is 6. The Morgan fingerprint density at radius 1 is 1.03 bits per heavy atom. The normalized spacial score (nSPS) is 14.1. The van der Waals surface area contributed by atoms with Crippen molar-refractivity contribution in [3.63, 3.8) is 0 Å². The molecule has 2 aromatic rings. The molecule has 30 heavy (non-hydrogen) atoms. The number of likely N-dealkylation sites (tertiary alicyclic amines) is 1. The Bertz CT molecular complexity index is 920. The topological polar surface area (TPSA) is 87.7 Å². The maximum Gasteiger partial charge on any atom is 0.251 e. The van der Waals surface area contributed by atoms with Gasteiger partial charge in [-0.05, 0) is 43.5 Å². The zero-order valence-corrected chi connectivity index (χ0v) is 17.3. The van der Waals surface area contributed by atoms with Crippen LogP contribution in [0.1, 0.15) is 28.8 Å². The van der Waals surface area contributed by atoms with Crippen molar-refractivity contribution in [2.24, 2.45) is 5.92 Å². The lowest BCUT2D eigenvalue weighted by molar-refractivity contribution is -0.133. The number of ether oxygens (including phenoxy) is 1. The molecule has 158 valence electrons. The van der Waals surface area contributed by atoms with Crippen LogP contribution in [-0.2, 0) is 9.59 Å². The molecule has 0 atom stereocenters. The highest BCUT2D eigenvalue weighted by atomic mass is 16.5. The third-order valence-electron chi connectivity index (χ3n) is 5.37. The van der Waals surface area contributed by atoms with E-state index in [4.69, 9.17) is 4.74 Å². The number of carbonyl (C=O) groups excluding carboxylic acids is 3. The summed E-state index contributed by atoms with van der Waals surface area (Å²) in [4.78, 5) is 39.0. The second-order valence-corrected chi connectivity index (χ2v) is 7.34. The Morgan fingerprint density at radius 3 is 2.40 bits per heavy atom. The Balaban J connectivity index is 1.46. The van der Waals surface area contributed by atoms with E-state index in [0.717, 1.165) is 5.56 Å². The largest absolute Gasteiger partial charge is 0.495 e. The van der Waals surface area contributed by atoms with E-state index in [0.29, 0.717) is 42.9 Å². The molecule has 7 nitrogen and oxygen atoms in total. The van der Waals surface area contributed by atoms with E-state index in [1.807, 2.05) is 31.2 Å². The monoisotopic (exact) mass is 409 g/mol. The Hall–Kier alpha value is -3.35. The zero-order chi connectivity index (χ0) is 21.5. The molecule has 0 bridgehead atoms. The van der Waals surface area contributed by atoms with E-state index in [1.54, 1.807) is 36.3 Å². The molecule has 1 fully saturated rings. The maximum atomic E-state index is 12.6. The average Bonchev–Trinajstić information content (AvgIpc) is 2.78. The van der Waals surface area contributed by atoms with Gasteiger partial charge in [0.1, 0.15) is 5.75 Å². The Kier molecular flexibility index (Phi) is 7.06. The van der Waals surface area contributed by atoms with E-state index >= 15 is 0 Å². The smallest absolute Gasteiger partial charge is 0.251 e. The molecule has 0 spiro atoms. The molecule has 0 radical (unpaired) electrons. The van der Waals surface area contributed by atoms with Gasteiger partial charge in [-0.25, -0.2) is 0 Å². The first-order valence-electron chi connectivity index (χ1n) is 10.0. The van der Waals surface area contributed by atoms with Gasteiger partial charge in [-0.1, -0.05) is 30.3 Å². The number of methoxy groups -OCH3 is 1. The molecule has 2 N–H and O–H groups in total. The number of piperidine rings is 1. The molecular formula is C23H27N3O4. The van der Waals surface area contributed by atoms with Gasteiger partial charge in [-0.2, -0.15) is 0 Å². The van der Waals surface area contributed by atoms with E-state index in [2.05, 4.69) is 10.6 Å². The van der Waals surface area contributed by atoms with Gasteiger partial charge < -0.3 is 20.3 Å². The van der Waals surface area contributed by atoms with Crippen molar-refractivity contribution in [3.8, 4) is 5.75 Å². The van der Waals surface area contributed by atoms with Crippen LogP contribution in [0.25, 0.3) is 0 Å². The van der Waals surface area contributed by atoms with Gasteiger partial charge in [0.05, 0.1) is 19.3 Å². The summed E-state index contributed by atoms with van der Waals surface area (Å²) in [7, 11) is 1.56. The lowest BCUT2D eigenvalue weighted by Gasteiger charge is -2.31. The third-order valence-corrected chi connectivity index (χ3v) is 5.37. The highest BCUT2D eigenvalue weighted by molar-refractivity contribution is 5.97. The summed E-state index contributed by atoms with van der Waals surface area (Å²) in [6.07, 6.45) is 1.16. The number of hydrogen-bond acceptors (Lipinski definition) is 4. The lowest BCUT2D eigenvalue weighted by atomic mass is 9.95. The van der Waals surface area contributed by atoms with E-state index in [-0.39, 0.29) is 30.2 Å². The molecule has 0 aromatic heterocycles. The summed E-state index contributed by atoms with van der Waals surface area (Å²) < 4.78 is 5.27. The predicted molar refractivity (Wildman–Crippen MR) is 114 cm³/mol. The second-order valence-electron chi connectivity index (χ2n) is 7.34. The number of carbonyl (C=O) groups is 3. The Labute approximate surface area is 176 Å². The maximum absolute atomic E-state index is 12.6.